The number of rotatable bonds is 10. The van der Waals surface area contributed by atoms with Crippen molar-refractivity contribution >= 4 is 12.2 Å². The second-order valence-corrected chi connectivity index (χ2v) is 10.0. The second-order valence-electron chi connectivity index (χ2n) is 10.0. The van der Waals surface area contributed by atoms with Gasteiger partial charge in [-0.25, -0.2) is 0 Å². The van der Waals surface area contributed by atoms with Crippen molar-refractivity contribution in [2.24, 2.45) is 11.8 Å². The number of aryl methyl sites for hydroxylation is 1. The maximum Gasteiger partial charge on any atom is 0.119 e. The Morgan fingerprint density at radius 1 is 0.765 bits per heavy atom. The third-order valence-corrected chi connectivity index (χ3v) is 7.50. The summed E-state index contributed by atoms with van der Waals surface area (Å²) in [6.45, 7) is 5.12. The van der Waals surface area contributed by atoms with Crippen LogP contribution in [0, 0.1) is 11.8 Å². The van der Waals surface area contributed by atoms with Gasteiger partial charge in [0.25, 0.3) is 0 Å². The standard InChI is InChI=1S/C33H40O/c1-3-34-33-23-21-30(22-24-33)16-15-28-11-9-27(10-12-28)13-14-29-17-19-31(20-18-29)25-26(2)32-7-5-4-6-8-32/h4-12,15-16,21-24,26,29,31H,3,13-14,17-20,25H2,1-2H3/t26-,29?,31?/m0/s1. The molecule has 1 fully saturated rings. The van der Waals surface area contributed by atoms with E-state index < -0.39 is 0 Å². The fraction of sp³-hybridized carbons (Fsp3) is 0.394. The van der Waals surface area contributed by atoms with Gasteiger partial charge >= 0.3 is 0 Å². The molecule has 0 bridgehead atoms. The van der Waals surface area contributed by atoms with Gasteiger partial charge in [0.05, 0.1) is 6.61 Å². The number of hydrogen-bond donors (Lipinski definition) is 0. The number of ether oxygens (including phenoxy) is 1. The quantitative estimate of drug-likeness (QED) is 0.279. The molecule has 1 heteroatoms. The Morgan fingerprint density at radius 3 is 1.97 bits per heavy atom. The molecule has 0 N–H and O–H groups in total. The zero-order chi connectivity index (χ0) is 23.6. The van der Waals surface area contributed by atoms with Crippen molar-refractivity contribution in [2.45, 2.75) is 64.7 Å². The molecule has 34 heavy (non-hydrogen) atoms. The highest BCUT2D eigenvalue weighted by Crippen LogP contribution is 2.37. The summed E-state index contributed by atoms with van der Waals surface area (Å²) in [5.41, 5.74) is 5.42. The van der Waals surface area contributed by atoms with Crippen molar-refractivity contribution < 1.29 is 4.74 Å². The summed E-state index contributed by atoms with van der Waals surface area (Å²) in [7, 11) is 0. The lowest BCUT2D eigenvalue weighted by Gasteiger charge is -2.30. The van der Waals surface area contributed by atoms with Crippen LogP contribution in [-0.4, -0.2) is 6.61 Å². The molecule has 0 unspecified atom stereocenters. The fourth-order valence-electron chi connectivity index (χ4n) is 5.37. The van der Waals surface area contributed by atoms with Gasteiger partial charge in [0.2, 0.25) is 0 Å². The van der Waals surface area contributed by atoms with E-state index in [1.807, 2.05) is 19.1 Å². The highest BCUT2D eigenvalue weighted by Gasteiger charge is 2.22. The molecule has 1 nitrogen and oxygen atoms in total. The van der Waals surface area contributed by atoms with E-state index in [9.17, 15) is 0 Å². The molecule has 1 aliphatic carbocycles. The monoisotopic (exact) mass is 452 g/mol. The molecule has 0 amide bonds. The van der Waals surface area contributed by atoms with Gasteiger partial charge in [-0.2, -0.15) is 0 Å². The first-order valence-electron chi connectivity index (χ1n) is 13.2. The Kier molecular flexibility index (Phi) is 9.02. The molecule has 0 radical (unpaired) electrons. The van der Waals surface area contributed by atoms with E-state index in [4.69, 9.17) is 4.74 Å². The molecule has 0 aromatic heterocycles. The SMILES string of the molecule is CCOc1ccc(C=Cc2ccc(CCC3CCC(C[C@H](C)c4ccccc4)CC3)cc2)cc1. The first-order valence-corrected chi connectivity index (χ1v) is 13.2. The lowest BCUT2D eigenvalue weighted by atomic mass is 9.76. The summed E-state index contributed by atoms with van der Waals surface area (Å²) in [5.74, 6) is 3.43. The van der Waals surface area contributed by atoms with Gasteiger partial charge in [-0.15, -0.1) is 0 Å². The van der Waals surface area contributed by atoms with Crippen molar-refractivity contribution in [3.8, 4) is 5.75 Å². The number of benzene rings is 3. The van der Waals surface area contributed by atoms with Crippen LogP contribution in [0.1, 0.15) is 80.5 Å². The van der Waals surface area contributed by atoms with E-state index in [1.165, 1.54) is 67.2 Å². The fourth-order valence-corrected chi connectivity index (χ4v) is 5.37. The van der Waals surface area contributed by atoms with Crippen LogP contribution in [0.2, 0.25) is 0 Å². The summed E-state index contributed by atoms with van der Waals surface area (Å²) in [6.07, 6.45) is 13.9. The summed E-state index contributed by atoms with van der Waals surface area (Å²) < 4.78 is 5.52. The third kappa shape index (κ3) is 7.35. The zero-order valence-electron chi connectivity index (χ0n) is 21.0. The van der Waals surface area contributed by atoms with E-state index >= 15 is 0 Å². The van der Waals surface area contributed by atoms with Gasteiger partial charge in [-0.3, -0.25) is 0 Å². The molecule has 0 aliphatic heterocycles. The molecule has 4 rings (SSSR count). The van der Waals surface area contributed by atoms with Crippen LogP contribution >= 0.6 is 0 Å². The molecule has 1 atom stereocenters. The lowest BCUT2D eigenvalue weighted by molar-refractivity contribution is 0.245. The Bertz CT molecular complexity index is 993. The van der Waals surface area contributed by atoms with Crippen LogP contribution < -0.4 is 4.74 Å². The molecule has 3 aromatic rings. The molecule has 0 saturated heterocycles. The summed E-state index contributed by atoms with van der Waals surface area (Å²) >= 11 is 0. The van der Waals surface area contributed by atoms with E-state index in [1.54, 1.807) is 0 Å². The largest absolute Gasteiger partial charge is 0.494 e. The van der Waals surface area contributed by atoms with Gasteiger partial charge < -0.3 is 4.74 Å². The van der Waals surface area contributed by atoms with Crippen molar-refractivity contribution in [2.75, 3.05) is 6.61 Å². The molecule has 1 saturated carbocycles. The van der Waals surface area contributed by atoms with Crippen molar-refractivity contribution in [3.05, 3.63) is 101 Å². The first kappa shape index (κ1) is 24.3. The van der Waals surface area contributed by atoms with Gasteiger partial charge in [0.1, 0.15) is 5.75 Å². The normalized spacial score (nSPS) is 19.2. The molecule has 0 heterocycles. The van der Waals surface area contributed by atoms with Gasteiger partial charge in [0, 0.05) is 0 Å². The van der Waals surface area contributed by atoms with Crippen LogP contribution in [0.15, 0.2) is 78.9 Å². The Hall–Kier alpha value is -2.80. The molecular formula is C33H40O. The lowest BCUT2D eigenvalue weighted by Crippen LogP contribution is -2.16. The van der Waals surface area contributed by atoms with Crippen LogP contribution in [0.4, 0.5) is 0 Å². The molecule has 178 valence electrons. The van der Waals surface area contributed by atoms with Gasteiger partial charge in [-0.1, -0.05) is 111 Å². The molecule has 1 aliphatic rings. The topological polar surface area (TPSA) is 9.23 Å². The van der Waals surface area contributed by atoms with Crippen LogP contribution in [0.3, 0.4) is 0 Å². The Labute approximate surface area is 206 Å². The minimum Gasteiger partial charge on any atom is -0.494 e. The van der Waals surface area contributed by atoms with E-state index in [-0.39, 0.29) is 0 Å². The van der Waals surface area contributed by atoms with Gasteiger partial charge in [0.15, 0.2) is 0 Å². The van der Waals surface area contributed by atoms with Crippen molar-refractivity contribution in [1.29, 1.82) is 0 Å². The summed E-state index contributed by atoms with van der Waals surface area (Å²) in [5, 5.41) is 0. The molecular weight excluding hydrogens is 412 g/mol. The van der Waals surface area contributed by atoms with Gasteiger partial charge in [-0.05, 0) is 78.3 Å². The second kappa shape index (κ2) is 12.6. The predicted molar refractivity (Wildman–Crippen MR) is 146 cm³/mol. The van der Waals surface area contributed by atoms with E-state index in [0.717, 1.165) is 17.6 Å². The summed E-state index contributed by atoms with van der Waals surface area (Å²) in [4.78, 5) is 0. The van der Waals surface area contributed by atoms with Crippen LogP contribution in [-0.2, 0) is 6.42 Å². The summed E-state index contributed by atoms with van der Waals surface area (Å²) in [6, 6.07) is 28.4. The zero-order valence-corrected chi connectivity index (χ0v) is 21.0. The van der Waals surface area contributed by atoms with Crippen LogP contribution in [0.5, 0.6) is 5.75 Å². The van der Waals surface area contributed by atoms with E-state index in [0.29, 0.717) is 12.5 Å². The maximum atomic E-state index is 5.52. The van der Waals surface area contributed by atoms with Crippen molar-refractivity contribution in [3.63, 3.8) is 0 Å². The average Bonchev–Trinajstić information content (AvgIpc) is 2.89. The smallest absolute Gasteiger partial charge is 0.119 e. The molecule has 0 spiro atoms. The highest BCUT2D eigenvalue weighted by atomic mass is 16.5. The van der Waals surface area contributed by atoms with Crippen LogP contribution in [0.25, 0.3) is 12.2 Å². The highest BCUT2D eigenvalue weighted by molar-refractivity contribution is 5.69. The minimum atomic E-state index is 0.685. The first-order chi connectivity index (χ1) is 16.7. The third-order valence-electron chi connectivity index (χ3n) is 7.50. The van der Waals surface area contributed by atoms with E-state index in [2.05, 4.69) is 85.8 Å². The predicted octanol–water partition coefficient (Wildman–Crippen LogP) is 9.19. The number of hydrogen-bond acceptors (Lipinski definition) is 1. The minimum absolute atomic E-state index is 0.685. The Balaban J connectivity index is 1.18. The maximum absolute atomic E-state index is 5.52. The van der Waals surface area contributed by atoms with Crippen molar-refractivity contribution in [1.82, 2.24) is 0 Å². The Morgan fingerprint density at radius 2 is 1.35 bits per heavy atom. The average molecular weight is 453 g/mol. The molecule has 3 aromatic carbocycles.